The molecule has 1 N–H and O–H groups in total. The van der Waals surface area contributed by atoms with Crippen LogP contribution in [0.2, 0.25) is 0 Å². The van der Waals surface area contributed by atoms with Gasteiger partial charge in [-0.2, -0.15) is 0 Å². The molecular weight excluding hydrogens is 420 g/mol. The molecule has 0 spiro atoms. The molecule has 0 radical (unpaired) electrons. The molecule has 3 heterocycles. The Morgan fingerprint density at radius 1 is 1.12 bits per heavy atom. The number of carbonyl (C=O) groups excluding carboxylic acids is 2. The van der Waals surface area contributed by atoms with E-state index in [1.165, 1.54) is 0 Å². The van der Waals surface area contributed by atoms with Crippen molar-refractivity contribution in [3.8, 4) is 0 Å². The topological polar surface area (TPSA) is 55.9 Å². The van der Waals surface area contributed by atoms with Crippen LogP contribution in [0.25, 0.3) is 0 Å². The Hall–Kier alpha value is -2.22. The number of nitrogens with zero attached hydrogens (tertiary/aromatic N) is 3. The van der Waals surface area contributed by atoms with Gasteiger partial charge in [0.2, 0.25) is 5.91 Å². The fraction of sp³-hybridized carbons (Fsp3) is 0.520. The van der Waals surface area contributed by atoms with Gasteiger partial charge in [0.25, 0.3) is 5.91 Å². The smallest absolute Gasteiger partial charge is 0.254 e. The summed E-state index contributed by atoms with van der Waals surface area (Å²) in [6.07, 6.45) is 0. The van der Waals surface area contributed by atoms with Crippen LogP contribution in [0.15, 0.2) is 41.8 Å². The Kier molecular flexibility index (Phi) is 7.28. The van der Waals surface area contributed by atoms with E-state index in [1.54, 1.807) is 11.3 Å². The minimum atomic E-state index is -0.409. The first kappa shape index (κ1) is 23.0. The van der Waals surface area contributed by atoms with Crippen molar-refractivity contribution in [1.29, 1.82) is 0 Å². The van der Waals surface area contributed by atoms with E-state index in [4.69, 9.17) is 0 Å². The Morgan fingerprint density at radius 2 is 1.88 bits per heavy atom. The normalized spacial score (nSPS) is 22.2. The van der Waals surface area contributed by atoms with Crippen molar-refractivity contribution in [2.45, 2.75) is 25.8 Å². The first-order valence-corrected chi connectivity index (χ1v) is 12.5. The predicted molar refractivity (Wildman–Crippen MR) is 129 cm³/mol. The largest absolute Gasteiger partial charge is 0.354 e. The third-order valence-electron chi connectivity index (χ3n) is 6.44. The van der Waals surface area contributed by atoms with Crippen LogP contribution < -0.4 is 5.32 Å². The van der Waals surface area contributed by atoms with Gasteiger partial charge in [0.15, 0.2) is 0 Å². The maximum atomic E-state index is 13.6. The molecular formula is C25H34N4O2S. The number of hydrogen-bond donors (Lipinski definition) is 1. The van der Waals surface area contributed by atoms with Crippen molar-refractivity contribution in [3.63, 3.8) is 0 Å². The van der Waals surface area contributed by atoms with Crippen LogP contribution in [0.3, 0.4) is 0 Å². The van der Waals surface area contributed by atoms with E-state index >= 15 is 0 Å². The fourth-order valence-electron chi connectivity index (χ4n) is 4.76. The van der Waals surface area contributed by atoms with Crippen molar-refractivity contribution in [3.05, 3.63) is 57.8 Å². The number of carbonyl (C=O) groups is 2. The van der Waals surface area contributed by atoms with Crippen molar-refractivity contribution in [1.82, 2.24) is 20.0 Å². The zero-order chi connectivity index (χ0) is 22.7. The first-order valence-electron chi connectivity index (χ1n) is 11.6. The summed E-state index contributed by atoms with van der Waals surface area (Å²) in [5.74, 6) is -0.0678. The van der Waals surface area contributed by atoms with Gasteiger partial charge in [0.1, 0.15) is 0 Å². The average molecular weight is 455 g/mol. The number of rotatable bonds is 7. The molecule has 1 fully saturated rings. The van der Waals surface area contributed by atoms with Gasteiger partial charge in [0.05, 0.1) is 12.0 Å². The van der Waals surface area contributed by atoms with E-state index in [-0.39, 0.29) is 17.9 Å². The van der Waals surface area contributed by atoms with Crippen molar-refractivity contribution < 1.29 is 9.59 Å². The molecule has 2 atom stereocenters. The lowest BCUT2D eigenvalue weighted by atomic mass is 9.81. The minimum Gasteiger partial charge on any atom is -0.354 e. The molecule has 2 amide bonds. The summed E-state index contributed by atoms with van der Waals surface area (Å²) in [7, 11) is 2.15. The SMILES string of the molecule is CC(C)CN1C(=O)c2ccccc2[C@@H](C(=O)NCCN2CCN(C)CC2)[C@@H]1c1cccs1. The fourth-order valence-corrected chi connectivity index (χ4v) is 5.64. The van der Waals surface area contributed by atoms with Gasteiger partial charge in [-0.25, -0.2) is 0 Å². The lowest BCUT2D eigenvalue weighted by Crippen LogP contribution is -2.50. The molecule has 0 aliphatic carbocycles. The molecule has 1 aromatic carbocycles. The van der Waals surface area contributed by atoms with E-state index in [0.29, 0.717) is 24.6 Å². The Bertz CT molecular complexity index is 922. The van der Waals surface area contributed by atoms with Crippen LogP contribution in [0.5, 0.6) is 0 Å². The highest BCUT2D eigenvalue weighted by atomic mass is 32.1. The Labute approximate surface area is 195 Å². The van der Waals surface area contributed by atoms with Crippen molar-refractivity contribution in [2.24, 2.45) is 5.92 Å². The summed E-state index contributed by atoms with van der Waals surface area (Å²) in [6, 6.07) is 11.4. The molecule has 2 aliphatic heterocycles. The van der Waals surface area contributed by atoms with Gasteiger partial charge in [-0.05, 0) is 36.0 Å². The summed E-state index contributed by atoms with van der Waals surface area (Å²) in [5.41, 5.74) is 1.49. The molecule has 2 aliphatic rings. The number of benzene rings is 1. The molecule has 1 saturated heterocycles. The molecule has 4 rings (SSSR count). The number of thiophene rings is 1. The van der Waals surface area contributed by atoms with Gasteiger partial charge in [-0.15, -0.1) is 11.3 Å². The predicted octanol–water partition coefficient (Wildman–Crippen LogP) is 3.05. The second-order valence-electron chi connectivity index (χ2n) is 9.31. The second kappa shape index (κ2) is 10.1. The van der Waals surface area contributed by atoms with E-state index in [0.717, 1.165) is 43.2 Å². The number of nitrogens with one attached hydrogen (secondary N) is 1. The zero-order valence-corrected chi connectivity index (χ0v) is 20.1. The first-order chi connectivity index (χ1) is 15.5. The summed E-state index contributed by atoms with van der Waals surface area (Å²) in [5, 5.41) is 5.23. The number of likely N-dealkylation sites (N-methyl/N-ethyl adjacent to an activating group) is 1. The summed E-state index contributed by atoms with van der Waals surface area (Å²) >= 11 is 1.62. The molecule has 6 nitrogen and oxygen atoms in total. The van der Waals surface area contributed by atoms with Crippen LogP contribution in [-0.4, -0.2) is 79.4 Å². The van der Waals surface area contributed by atoms with E-state index in [9.17, 15) is 9.59 Å². The third-order valence-corrected chi connectivity index (χ3v) is 7.38. The number of hydrogen-bond acceptors (Lipinski definition) is 5. The Balaban J connectivity index is 1.58. The average Bonchev–Trinajstić information content (AvgIpc) is 3.31. The van der Waals surface area contributed by atoms with Crippen molar-refractivity contribution >= 4 is 23.2 Å². The highest BCUT2D eigenvalue weighted by Crippen LogP contribution is 2.44. The molecule has 32 heavy (non-hydrogen) atoms. The third kappa shape index (κ3) is 4.90. The van der Waals surface area contributed by atoms with Gasteiger partial charge in [-0.1, -0.05) is 38.1 Å². The monoisotopic (exact) mass is 454 g/mol. The molecule has 7 heteroatoms. The molecule has 0 saturated carbocycles. The molecule has 0 bridgehead atoms. The lowest BCUT2D eigenvalue weighted by Gasteiger charge is -2.42. The standard InChI is InChI=1S/C25H34N4O2S/c1-18(2)17-29-23(21-9-6-16-32-21)22(19-7-4-5-8-20(19)25(29)31)24(30)26-10-11-28-14-12-27(3)13-15-28/h4-9,16,18,22-23H,10-15,17H2,1-3H3,(H,26,30)/t22-,23+/m1/s1. The van der Waals surface area contributed by atoms with Crippen LogP contribution in [0, 0.1) is 5.92 Å². The summed E-state index contributed by atoms with van der Waals surface area (Å²) in [4.78, 5) is 34.8. The lowest BCUT2D eigenvalue weighted by molar-refractivity contribution is -0.124. The summed E-state index contributed by atoms with van der Waals surface area (Å²) in [6.45, 7) is 10.5. The molecule has 1 aromatic heterocycles. The number of amides is 2. The van der Waals surface area contributed by atoms with Crippen LogP contribution in [-0.2, 0) is 4.79 Å². The highest BCUT2D eigenvalue weighted by Gasteiger charge is 2.44. The number of piperazine rings is 1. The van der Waals surface area contributed by atoms with Gasteiger partial charge in [-0.3, -0.25) is 14.5 Å². The van der Waals surface area contributed by atoms with Gasteiger partial charge >= 0.3 is 0 Å². The molecule has 2 aromatic rings. The quantitative estimate of drug-likeness (QED) is 0.699. The summed E-state index contributed by atoms with van der Waals surface area (Å²) < 4.78 is 0. The molecule has 172 valence electrons. The number of fused-ring (bicyclic) bond motifs is 1. The highest BCUT2D eigenvalue weighted by molar-refractivity contribution is 7.10. The zero-order valence-electron chi connectivity index (χ0n) is 19.3. The van der Waals surface area contributed by atoms with Crippen LogP contribution in [0.4, 0.5) is 0 Å². The second-order valence-corrected chi connectivity index (χ2v) is 10.3. The Morgan fingerprint density at radius 3 is 2.56 bits per heavy atom. The van der Waals surface area contributed by atoms with Crippen LogP contribution >= 0.6 is 11.3 Å². The maximum Gasteiger partial charge on any atom is 0.254 e. The van der Waals surface area contributed by atoms with Crippen LogP contribution in [0.1, 0.15) is 46.6 Å². The van der Waals surface area contributed by atoms with Gasteiger partial charge in [0, 0.05) is 56.3 Å². The van der Waals surface area contributed by atoms with E-state index in [1.807, 2.05) is 46.7 Å². The molecule has 0 unspecified atom stereocenters. The minimum absolute atomic E-state index is 0.00577. The maximum absolute atomic E-state index is 13.6. The van der Waals surface area contributed by atoms with Gasteiger partial charge < -0.3 is 15.1 Å². The van der Waals surface area contributed by atoms with Crippen molar-refractivity contribution in [2.75, 3.05) is 52.9 Å². The van der Waals surface area contributed by atoms with E-state index < -0.39 is 5.92 Å². The van der Waals surface area contributed by atoms with E-state index in [2.05, 4.69) is 36.0 Å².